The Morgan fingerprint density at radius 1 is 1.16 bits per heavy atom. The van der Waals surface area contributed by atoms with E-state index in [9.17, 15) is 19.2 Å². The molecule has 2 aromatic heterocycles. The maximum atomic E-state index is 12.7. The number of amides is 3. The van der Waals surface area contributed by atoms with Crippen molar-refractivity contribution in [2.24, 2.45) is 0 Å². The number of carbonyl (C=O) groups is 3. The number of ether oxygens (including phenoxy) is 1. The summed E-state index contributed by atoms with van der Waals surface area (Å²) in [4.78, 5) is 58.3. The molecule has 0 radical (unpaired) electrons. The van der Waals surface area contributed by atoms with Crippen molar-refractivity contribution in [3.05, 3.63) is 27.1 Å². The number of carbonyl (C=O) groups excluding carboxylic acids is 3. The fourth-order valence-corrected chi connectivity index (χ4v) is 4.56. The van der Waals surface area contributed by atoms with Gasteiger partial charge in [0.15, 0.2) is 0 Å². The molecule has 11 heteroatoms. The average Bonchev–Trinajstić information content (AvgIpc) is 3.07. The number of hydrogen-bond donors (Lipinski definition) is 1. The highest BCUT2D eigenvalue weighted by Gasteiger charge is 2.24. The Kier molecular flexibility index (Phi) is 7.84. The molecule has 32 heavy (non-hydrogen) atoms. The maximum absolute atomic E-state index is 12.7. The third-order valence-electron chi connectivity index (χ3n) is 5.52. The lowest BCUT2D eigenvalue weighted by Gasteiger charge is -2.34. The van der Waals surface area contributed by atoms with Gasteiger partial charge in [-0.1, -0.05) is 0 Å². The fraction of sp³-hybridized carbons (Fsp3) is 0.571. The lowest BCUT2D eigenvalue weighted by atomic mass is 10.2. The number of rotatable bonds is 7. The first-order valence-electron chi connectivity index (χ1n) is 10.7. The standard InChI is InChI=1S/C21H29N5O5S/c1-4-31-21(30)25-10-8-24(9-11-25)17(28)6-5-7-22-16(27)12-26-13-23-19-18(20(26)29)14(2)15(3)32-19/h13H,4-12H2,1-3H3,(H,22,27). The molecular weight excluding hydrogens is 434 g/mol. The molecule has 1 saturated heterocycles. The lowest BCUT2D eigenvalue weighted by molar-refractivity contribution is -0.133. The van der Waals surface area contributed by atoms with Gasteiger partial charge in [-0.2, -0.15) is 0 Å². The van der Waals surface area contributed by atoms with Crippen LogP contribution in [0.1, 0.15) is 30.2 Å². The molecule has 0 saturated carbocycles. The highest BCUT2D eigenvalue weighted by molar-refractivity contribution is 7.18. The minimum Gasteiger partial charge on any atom is -0.450 e. The molecule has 10 nitrogen and oxygen atoms in total. The second-order valence-electron chi connectivity index (χ2n) is 7.66. The van der Waals surface area contributed by atoms with E-state index in [1.54, 1.807) is 16.7 Å². The number of nitrogens with one attached hydrogen (secondary N) is 1. The predicted octanol–water partition coefficient (Wildman–Crippen LogP) is 1.27. The molecule has 1 N–H and O–H groups in total. The zero-order valence-electron chi connectivity index (χ0n) is 18.7. The summed E-state index contributed by atoms with van der Waals surface area (Å²) in [6.07, 6.45) is 1.86. The molecule has 0 atom stereocenters. The van der Waals surface area contributed by atoms with Gasteiger partial charge in [-0.3, -0.25) is 19.0 Å². The van der Waals surface area contributed by atoms with Gasteiger partial charge < -0.3 is 19.9 Å². The summed E-state index contributed by atoms with van der Waals surface area (Å²) in [7, 11) is 0. The Bertz CT molecular complexity index is 1050. The number of aryl methyl sites for hydroxylation is 2. The van der Waals surface area contributed by atoms with Crippen LogP contribution in [-0.2, 0) is 20.9 Å². The van der Waals surface area contributed by atoms with Gasteiger partial charge in [0.1, 0.15) is 11.4 Å². The molecule has 1 aliphatic rings. The van der Waals surface area contributed by atoms with Crippen molar-refractivity contribution in [3.63, 3.8) is 0 Å². The molecule has 0 spiro atoms. The quantitative estimate of drug-likeness (QED) is 0.619. The second-order valence-corrected chi connectivity index (χ2v) is 8.86. The Labute approximate surface area is 190 Å². The summed E-state index contributed by atoms with van der Waals surface area (Å²) in [5, 5.41) is 3.32. The van der Waals surface area contributed by atoms with Crippen LogP contribution < -0.4 is 10.9 Å². The van der Waals surface area contributed by atoms with Crippen LogP contribution in [0.2, 0.25) is 0 Å². The molecule has 3 rings (SSSR count). The van der Waals surface area contributed by atoms with Gasteiger partial charge in [0.05, 0.1) is 18.3 Å². The maximum Gasteiger partial charge on any atom is 0.409 e. The van der Waals surface area contributed by atoms with Crippen LogP contribution >= 0.6 is 11.3 Å². The van der Waals surface area contributed by atoms with Gasteiger partial charge in [0.2, 0.25) is 11.8 Å². The van der Waals surface area contributed by atoms with Crippen LogP contribution in [0, 0.1) is 13.8 Å². The van der Waals surface area contributed by atoms with Crippen molar-refractivity contribution in [2.45, 2.75) is 40.2 Å². The first kappa shape index (κ1) is 23.7. The smallest absolute Gasteiger partial charge is 0.409 e. The van der Waals surface area contributed by atoms with Gasteiger partial charge in [0, 0.05) is 44.0 Å². The van der Waals surface area contributed by atoms with E-state index in [0.717, 1.165) is 10.4 Å². The number of hydrogen-bond acceptors (Lipinski definition) is 7. The van der Waals surface area contributed by atoms with Gasteiger partial charge in [-0.05, 0) is 32.8 Å². The molecule has 0 unspecified atom stereocenters. The highest BCUT2D eigenvalue weighted by Crippen LogP contribution is 2.25. The Balaban J connectivity index is 1.40. The zero-order valence-corrected chi connectivity index (χ0v) is 19.5. The lowest BCUT2D eigenvalue weighted by Crippen LogP contribution is -2.50. The number of aromatic nitrogens is 2. The van der Waals surface area contributed by atoms with Crippen molar-refractivity contribution >= 4 is 39.5 Å². The summed E-state index contributed by atoms with van der Waals surface area (Å²) < 4.78 is 6.29. The van der Waals surface area contributed by atoms with E-state index in [1.807, 2.05) is 13.8 Å². The molecule has 174 valence electrons. The van der Waals surface area contributed by atoms with Crippen molar-refractivity contribution in [1.82, 2.24) is 24.7 Å². The molecule has 0 bridgehead atoms. The van der Waals surface area contributed by atoms with Crippen molar-refractivity contribution in [3.8, 4) is 0 Å². The summed E-state index contributed by atoms with van der Waals surface area (Å²) >= 11 is 1.47. The number of nitrogens with zero attached hydrogens (tertiary/aromatic N) is 4. The first-order valence-corrected chi connectivity index (χ1v) is 11.5. The Morgan fingerprint density at radius 2 is 1.84 bits per heavy atom. The Hall–Kier alpha value is -2.95. The molecule has 0 aromatic carbocycles. The largest absolute Gasteiger partial charge is 0.450 e. The van der Waals surface area contributed by atoms with Crippen molar-refractivity contribution in [1.29, 1.82) is 0 Å². The summed E-state index contributed by atoms with van der Waals surface area (Å²) in [5.41, 5.74) is 0.683. The highest BCUT2D eigenvalue weighted by atomic mass is 32.1. The van der Waals surface area contributed by atoms with E-state index in [1.165, 1.54) is 22.2 Å². The Morgan fingerprint density at radius 3 is 2.53 bits per heavy atom. The van der Waals surface area contributed by atoms with Crippen LogP contribution in [0.4, 0.5) is 4.79 Å². The molecule has 2 aromatic rings. The van der Waals surface area contributed by atoms with Crippen LogP contribution in [0.5, 0.6) is 0 Å². The van der Waals surface area contributed by atoms with E-state index in [4.69, 9.17) is 4.74 Å². The SMILES string of the molecule is CCOC(=O)N1CCN(C(=O)CCCNC(=O)Cn2cnc3sc(C)c(C)c3c2=O)CC1. The van der Waals surface area contributed by atoms with E-state index in [2.05, 4.69) is 10.3 Å². The first-order chi connectivity index (χ1) is 15.3. The van der Waals surface area contributed by atoms with Crippen LogP contribution in [0.25, 0.3) is 10.2 Å². The monoisotopic (exact) mass is 463 g/mol. The van der Waals surface area contributed by atoms with Gasteiger partial charge in [-0.15, -0.1) is 11.3 Å². The second kappa shape index (κ2) is 10.6. The van der Waals surface area contributed by atoms with Gasteiger partial charge >= 0.3 is 6.09 Å². The summed E-state index contributed by atoms with van der Waals surface area (Å²) in [5.74, 6) is -0.301. The number of thiophene rings is 1. The number of piperazine rings is 1. The van der Waals surface area contributed by atoms with Crippen LogP contribution in [0.3, 0.4) is 0 Å². The van der Waals surface area contributed by atoms with Crippen LogP contribution in [-0.4, -0.2) is 76.6 Å². The molecule has 0 aliphatic carbocycles. The van der Waals surface area contributed by atoms with E-state index in [0.29, 0.717) is 62.4 Å². The molecular formula is C21H29N5O5S. The molecule has 3 amide bonds. The van der Waals surface area contributed by atoms with Crippen molar-refractivity contribution in [2.75, 3.05) is 39.3 Å². The summed E-state index contributed by atoms with van der Waals surface area (Å²) in [6.45, 7) is 8.01. The van der Waals surface area contributed by atoms with Crippen LogP contribution in [0.15, 0.2) is 11.1 Å². The van der Waals surface area contributed by atoms with Gasteiger partial charge in [0.25, 0.3) is 5.56 Å². The molecule has 1 aliphatic heterocycles. The summed E-state index contributed by atoms with van der Waals surface area (Å²) in [6, 6.07) is 0. The fourth-order valence-electron chi connectivity index (χ4n) is 3.57. The topological polar surface area (TPSA) is 114 Å². The molecule has 3 heterocycles. The zero-order chi connectivity index (χ0) is 23.3. The third kappa shape index (κ3) is 5.45. The van der Waals surface area contributed by atoms with E-state index < -0.39 is 0 Å². The van der Waals surface area contributed by atoms with E-state index >= 15 is 0 Å². The minimum atomic E-state index is -0.347. The minimum absolute atomic E-state index is 0.00284. The van der Waals surface area contributed by atoms with Crippen molar-refractivity contribution < 1.29 is 19.1 Å². The van der Waals surface area contributed by atoms with E-state index in [-0.39, 0.29) is 30.0 Å². The number of fused-ring (bicyclic) bond motifs is 1. The predicted molar refractivity (Wildman–Crippen MR) is 121 cm³/mol. The molecule has 1 fully saturated rings. The third-order valence-corrected chi connectivity index (χ3v) is 6.63. The average molecular weight is 464 g/mol. The normalized spacial score (nSPS) is 14.0. The van der Waals surface area contributed by atoms with Gasteiger partial charge in [-0.25, -0.2) is 9.78 Å².